The number of ether oxygens (including phenoxy) is 2. The molecule has 1 amide bonds. The zero-order chi connectivity index (χ0) is 17.9. The molecule has 0 N–H and O–H groups in total. The first-order valence-electron chi connectivity index (χ1n) is 9.61. The van der Waals surface area contributed by atoms with Crippen molar-refractivity contribution in [3.63, 3.8) is 0 Å². The fourth-order valence-electron chi connectivity index (χ4n) is 3.65. The molecule has 4 rings (SSSR count). The largest absolute Gasteiger partial charge is 0.493 e. The van der Waals surface area contributed by atoms with E-state index in [-0.39, 0.29) is 11.8 Å². The minimum absolute atomic E-state index is 0.0966. The monoisotopic (exact) mass is 374 g/mol. The molecule has 0 aromatic carbocycles. The molecular weight excluding hydrogens is 348 g/mol. The van der Waals surface area contributed by atoms with Crippen molar-refractivity contribution in [3.05, 3.63) is 23.5 Å². The Hall–Kier alpha value is -1.40. The van der Waals surface area contributed by atoms with Gasteiger partial charge in [0.2, 0.25) is 0 Å². The highest BCUT2D eigenvalue weighted by Gasteiger charge is 2.32. The second-order valence-corrected chi connectivity index (χ2v) is 8.79. The van der Waals surface area contributed by atoms with E-state index in [1.807, 2.05) is 30.8 Å². The first-order chi connectivity index (χ1) is 12.7. The summed E-state index contributed by atoms with van der Waals surface area (Å²) in [6.07, 6.45) is 9.87. The Kier molecular flexibility index (Phi) is 5.60. The second kappa shape index (κ2) is 8.09. The summed E-state index contributed by atoms with van der Waals surface area (Å²) in [6, 6.07) is 0. The van der Waals surface area contributed by atoms with Gasteiger partial charge in [0.1, 0.15) is 17.5 Å². The third kappa shape index (κ3) is 4.12. The van der Waals surface area contributed by atoms with Crippen LogP contribution in [0.25, 0.3) is 0 Å². The summed E-state index contributed by atoms with van der Waals surface area (Å²) < 4.78 is 11.4. The Morgan fingerprint density at radius 3 is 2.73 bits per heavy atom. The van der Waals surface area contributed by atoms with E-state index in [1.165, 1.54) is 19.3 Å². The molecule has 1 saturated carbocycles. The number of carbonyl (C=O) groups excluding carboxylic acids is 1. The lowest BCUT2D eigenvalue weighted by atomic mass is 9.86. The van der Waals surface area contributed by atoms with Crippen LogP contribution in [-0.4, -0.2) is 48.3 Å². The van der Waals surface area contributed by atoms with Gasteiger partial charge in [0.15, 0.2) is 0 Å². The maximum Gasteiger partial charge on any atom is 0.260 e. The second-order valence-electron chi connectivity index (χ2n) is 7.50. The zero-order valence-electron chi connectivity index (χ0n) is 15.3. The molecule has 6 heteroatoms. The molecule has 2 aliphatic carbocycles. The number of amides is 1. The highest BCUT2D eigenvalue weighted by Crippen LogP contribution is 2.31. The molecule has 1 saturated heterocycles. The molecule has 1 unspecified atom stereocenters. The summed E-state index contributed by atoms with van der Waals surface area (Å²) in [5.74, 6) is 2.41. The number of aliphatic imine (C=N–C) groups is 2. The average molecular weight is 375 g/mol. The predicted molar refractivity (Wildman–Crippen MR) is 105 cm³/mol. The van der Waals surface area contributed by atoms with Crippen LogP contribution in [0.4, 0.5) is 0 Å². The van der Waals surface area contributed by atoms with E-state index < -0.39 is 0 Å². The fraction of sp³-hybridized carbons (Fsp3) is 0.650. The minimum Gasteiger partial charge on any atom is -0.493 e. The summed E-state index contributed by atoms with van der Waals surface area (Å²) in [6.45, 7) is 4.39. The van der Waals surface area contributed by atoms with Crippen molar-refractivity contribution < 1.29 is 14.3 Å². The molecule has 2 fully saturated rings. The molecule has 5 nitrogen and oxygen atoms in total. The van der Waals surface area contributed by atoms with Crippen molar-refractivity contribution in [2.75, 3.05) is 25.6 Å². The van der Waals surface area contributed by atoms with Crippen molar-refractivity contribution in [3.8, 4) is 0 Å². The molecule has 1 atom stereocenters. The number of rotatable bonds is 6. The molecule has 0 aromatic rings. The fourth-order valence-corrected chi connectivity index (χ4v) is 4.69. The summed E-state index contributed by atoms with van der Waals surface area (Å²) in [5.41, 5.74) is 1.76. The van der Waals surface area contributed by atoms with Crippen LogP contribution in [0.15, 0.2) is 33.5 Å². The Balaban J connectivity index is 1.41. The van der Waals surface area contributed by atoms with Gasteiger partial charge in [-0.25, -0.2) is 4.99 Å². The van der Waals surface area contributed by atoms with E-state index in [0.717, 1.165) is 49.7 Å². The lowest BCUT2D eigenvalue weighted by Crippen LogP contribution is -2.32. The number of amidine groups is 1. The van der Waals surface area contributed by atoms with E-state index in [1.54, 1.807) is 0 Å². The van der Waals surface area contributed by atoms with Crippen LogP contribution >= 0.6 is 11.8 Å². The van der Waals surface area contributed by atoms with Crippen molar-refractivity contribution in [1.29, 1.82) is 0 Å². The van der Waals surface area contributed by atoms with E-state index in [2.05, 4.69) is 4.99 Å². The van der Waals surface area contributed by atoms with Crippen LogP contribution in [0.1, 0.15) is 39.0 Å². The molecule has 0 spiro atoms. The molecule has 0 bridgehead atoms. The van der Waals surface area contributed by atoms with Gasteiger partial charge in [-0.3, -0.25) is 4.79 Å². The molecular formula is C20H26N2O3S. The average Bonchev–Trinajstić information content (AvgIpc) is 2.59. The lowest BCUT2D eigenvalue weighted by molar-refractivity contribution is -0.118. The number of hydrogen-bond acceptors (Lipinski definition) is 5. The first-order valence-corrected chi connectivity index (χ1v) is 10.7. The SMILES string of the molecule is CC1=CC(OCC2CCC2)=CC2=NC(CSC3CCOCC3)=NC(=O)C12. The molecule has 26 heavy (non-hydrogen) atoms. The van der Waals surface area contributed by atoms with Crippen LogP contribution in [-0.2, 0) is 14.3 Å². The zero-order valence-corrected chi connectivity index (χ0v) is 16.1. The summed E-state index contributed by atoms with van der Waals surface area (Å²) >= 11 is 1.83. The van der Waals surface area contributed by atoms with Crippen LogP contribution in [0.3, 0.4) is 0 Å². The van der Waals surface area contributed by atoms with Gasteiger partial charge in [0.25, 0.3) is 5.91 Å². The number of fused-ring (bicyclic) bond motifs is 1. The Morgan fingerprint density at radius 1 is 1.19 bits per heavy atom. The van der Waals surface area contributed by atoms with Crippen LogP contribution in [0.5, 0.6) is 0 Å². The van der Waals surface area contributed by atoms with E-state index in [9.17, 15) is 4.79 Å². The van der Waals surface area contributed by atoms with Gasteiger partial charge in [0.05, 0.1) is 18.1 Å². The van der Waals surface area contributed by atoms with Gasteiger partial charge in [-0.05, 0) is 44.6 Å². The Bertz CT molecular complexity index is 685. The summed E-state index contributed by atoms with van der Waals surface area (Å²) in [7, 11) is 0. The molecule has 4 aliphatic rings. The van der Waals surface area contributed by atoms with Crippen LogP contribution < -0.4 is 0 Å². The summed E-state index contributed by atoms with van der Waals surface area (Å²) in [4.78, 5) is 21.5. The van der Waals surface area contributed by atoms with Crippen molar-refractivity contribution in [2.24, 2.45) is 21.8 Å². The molecule has 2 heterocycles. The van der Waals surface area contributed by atoms with Crippen molar-refractivity contribution in [1.82, 2.24) is 0 Å². The number of hydrogen-bond donors (Lipinski definition) is 0. The lowest BCUT2D eigenvalue weighted by Gasteiger charge is -2.28. The molecule has 0 aromatic heterocycles. The van der Waals surface area contributed by atoms with Crippen molar-refractivity contribution >= 4 is 29.2 Å². The van der Waals surface area contributed by atoms with Crippen molar-refractivity contribution in [2.45, 2.75) is 44.3 Å². The number of thioether (sulfide) groups is 1. The number of allylic oxidation sites excluding steroid dienone is 2. The van der Waals surface area contributed by atoms with Crippen LogP contribution in [0, 0.1) is 11.8 Å². The topological polar surface area (TPSA) is 60.2 Å². The van der Waals surface area contributed by atoms with Gasteiger partial charge >= 0.3 is 0 Å². The normalized spacial score (nSPS) is 27.0. The quantitative estimate of drug-likeness (QED) is 0.713. The Labute approximate surface area is 159 Å². The predicted octanol–water partition coefficient (Wildman–Crippen LogP) is 3.56. The van der Waals surface area contributed by atoms with Gasteiger partial charge in [-0.1, -0.05) is 12.0 Å². The highest BCUT2D eigenvalue weighted by molar-refractivity contribution is 8.00. The maximum atomic E-state index is 12.5. The van der Waals surface area contributed by atoms with E-state index >= 15 is 0 Å². The number of carbonyl (C=O) groups is 1. The highest BCUT2D eigenvalue weighted by atomic mass is 32.2. The van der Waals surface area contributed by atoms with E-state index in [4.69, 9.17) is 14.5 Å². The Morgan fingerprint density at radius 2 is 2.00 bits per heavy atom. The van der Waals surface area contributed by atoms with Crippen LogP contribution in [0.2, 0.25) is 0 Å². The molecule has 0 radical (unpaired) electrons. The standard InChI is InChI=1S/C20H26N2O3S/c1-13-9-15(25-11-14-3-2-4-14)10-17-19(13)20(23)22-18(21-17)12-26-16-5-7-24-8-6-16/h9-10,14,16,19H,2-8,11-12H2,1H3. The maximum absolute atomic E-state index is 12.5. The van der Waals surface area contributed by atoms with Gasteiger partial charge < -0.3 is 9.47 Å². The van der Waals surface area contributed by atoms with Gasteiger partial charge in [-0.15, -0.1) is 0 Å². The molecule has 140 valence electrons. The minimum atomic E-state index is -0.331. The van der Waals surface area contributed by atoms with E-state index in [0.29, 0.717) is 22.8 Å². The number of nitrogens with zero attached hydrogens (tertiary/aromatic N) is 2. The summed E-state index contributed by atoms with van der Waals surface area (Å²) in [5, 5.41) is 0.573. The molecule has 2 aliphatic heterocycles. The third-order valence-corrected chi connectivity index (χ3v) is 6.85. The van der Waals surface area contributed by atoms with Gasteiger partial charge in [0, 0.05) is 24.5 Å². The smallest absolute Gasteiger partial charge is 0.260 e. The first kappa shape index (κ1) is 18.0. The third-order valence-electron chi connectivity index (χ3n) is 5.48. The van der Waals surface area contributed by atoms with Gasteiger partial charge in [-0.2, -0.15) is 16.8 Å².